The van der Waals surface area contributed by atoms with Crippen molar-refractivity contribution < 1.29 is 22.7 Å². The van der Waals surface area contributed by atoms with Gasteiger partial charge in [0.15, 0.2) is 26.5 Å². The number of piperazine rings is 1. The molecule has 1 fully saturated rings. The van der Waals surface area contributed by atoms with Gasteiger partial charge in [0.2, 0.25) is 0 Å². The number of anilines is 1. The van der Waals surface area contributed by atoms with Gasteiger partial charge in [-0.2, -0.15) is 4.98 Å². The fourth-order valence-corrected chi connectivity index (χ4v) is 6.17. The number of nitrogens with zero attached hydrogens (tertiary/aromatic N) is 5. The highest BCUT2D eigenvalue weighted by Gasteiger charge is 2.44. The molecule has 0 bridgehead atoms. The van der Waals surface area contributed by atoms with Gasteiger partial charge in [-0.1, -0.05) is 44.5 Å². The van der Waals surface area contributed by atoms with Crippen molar-refractivity contribution in [1.29, 1.82) is 0 Å². The summed E-state index contributed by atoms with van der Waals surface area (Å²) in [5, 5.41) is 9.44. The summed E-state index contributed by atoms with van der Waals surface area (Å²) in [5.41, 5.74) is -1.38. The molecule has 4 rings (SSSR count). The van der Waals surface area contributed by atoms with E-state index in [1.54, 1.807) is 11.0 Å². The Morgan fingerprint density at radius 3 is 2.43 bits per heavy atom. The van der Waals surface area contributed by atoms with Gasteiger partial charge in [0.1, 0.15) is 5.82 Å². The van der Waals surface area contributed by atoms with Gasteiger partial charge in [0.05, 0.1) is 22.0 Å². The van der Waals surface area contributed by atoms with Crippen LogP contribution in [0, 0.1) is 11.2 Å². The molecule has 1 amide bonds. The van der Waals surface area contributed by atoms with Crippen molar-refractivity contribution in [3.8, 4) is 5.69 Å². The molecule has 0 aliphatic carbocycles. The molecule has 3 heterocycles. The van der Waals surface area contributed by atoms with Crippen LogP contribution in [0.1, 0.15) is 27.7 Å². The zero-order chi connectivity index (χ0) is 27.4. The number of hydrogen-bond acceptors (Lipinski definition) is 7. The van der Waals surface area contributed by atoms with Crippen molar-refractivity contribution >= 4 is 44.4 Å². The van der Waals surface area contributed by atoms with E-state index in [0.29, 0.717) is 0 Å². The average Bonchev–Trinajstić information content (AvgIpc) is 2.78. The molecule has 1 aliphatic heterocycles. The molecule has 1 N–H and O–H groups in total. The molecule has 198 valence electrons. The first-order valence-corrected chi connectivity index (χ1v) is 13.7. The third kappa shape index (κ3) is 4.75. The van der Waals surface area contributed by atoms with Crippen LogP contribution in [0.2, 0.25) is 5.15 Å². The summed E-state index contributed by atoms with van der Waals surface area (Å²) in [7, 11) is -3.76. The smallest absolute Gasteiger partial charge is 0.407 e. The number of halogens is 2. The fourth-order valence-electron chi connectivity index (χ4n) is 5.17. The van der Waals surface area contributed by atoms with Gasteiger partial charge in [0, 0.05) is 25.4 Å². The highest BCUT2D eigenvalue weighted by atomic mass is 35.5. The third-order valence-corrected chi connectivity index (χ3v) is 7.94. The van der Waals surface area contributed by atoms with Gasteiger partial charge < -0.3 is 14.9 Å². The van der Waals surface area contributed by atoms with Crippen LogP contribution in [0.15, 0.2) is 40.0 Å². The Balaban J connectivity index is 2.01. The van der Waals surface area contributed by atoms with Crippen LogP contribution < -0.4 is 10.6 Å². The molecule has 1 aliphatic rings. The number of amides is 1. The van der Waals surface area contributed by atoms with E-state index in [4.69, 9.17) is 11.6 Å². The van der Waals surface area contributed by atoms with Crippen molar-refractivity contribution in [1.82, 2.24) is 19.4 Å². The van der Waals surface area contributed by atoms with Gasteiger partial charge in [-0.15, -0.1) is 0 Å². The van der Waals surface area contributed by atoms with E-state index in [2.05, 4.69) is 9.97 Å². The number of rotatable bonds is 3. The largest absolute Gasteiger partial charge is 0.465 e. The summed E-state index contributed by atoms with van der Waals surface area (Å²) in [5.74, 6) is -0.731. The summed E-state index contributed by atoms with van der Waals surface area (Å²) in [4.78, 5) is 36.8. The number of sulfone groups is 1. The number of fused-ring (bicyclic) bond motifs is 1. The SMILES string of the molecule is CC1C(C(C)(C)C)N(C(=O)O)CCN1c1nc(=O)n(-c2ccccc2S(C)(=O)=O)c2nc(Cl)c(F)cc12. The highest BCUT2D eigenvalue weighted by molar-refractivity contribution is 7.90. The van der Waals surface area contributed by atoms with E-state index in [1.165, 1.54) is 23.1 Å². The maximum atomic E-state index is 14.7. The molecule has 2 unspecified atom stereocenters. The predicted octanol–water partition coefficient (Wildman–Crippen LogP) is 3.58. The lowest BCUT2D eigenvalue weighted by atomic mass is 9.80. The Kier molecular flexibility index (Phi) is 6.70. The minimum atomic E-state index is -3.76. The van der Waals surface area contributed by atoms with Crippen molar-refractivity contribution in [3.05, 3.63) is 51.8 Å². The Morgan fingerprint density at radius 1 is 1.19 bits per heavy atom. The second-order valence-electron chi connectivity index (χ2n) is 10.1. The molecule has 37 heavy (non-hydrogen) atoms. The first-order chi connectivity index (χ1) is 17.1. The Hall–Kier alpha value is -3.25. The van der Waals surface area contributed by atoms with E-state index in [0.717, 1.165) is 16.9 Å². The average molecular weight is 552 g/mol. The van der Waals surface area contributed by atoms with E-state index >= 15 is 0 Å². The fraction of sp³-hybridized carbons (Fsp3) is 0.417. The Morgan fingerprint density at radius 2 is 1.84 bits per heavy atom. The van der Waals surface area contributed by atoms with Gasteiger partial charge in [-0.05, 0) is 30.5 Å². The minimum Gasteiger partial charge on any atom is -0.465 e. The number of aromatic nitrogens is 3. The van der Waals surface area contributed by atoms with Crippen LogP contribution in [0.25, 0.3) is 16.7 Å². The summed E-state index contributed by atoms with van der Waals surface area (Å²) in [6, 6.07) is 6.04. The third-order valence-electron chi connectivity index (χ3n) is 6.54. The summed E-state index contributed by atoms with van der Waals surface area (Å²) in [6.45, 7) is 7.90. The summed E-state index contributed by atoms with van der Waals surface area (Å²) in [6.07, 6.45) is -0.0477. The molecule has 0 saturated carbocycles. The molecule has 10 nitrogen and oxygen atoms in total. The standard InChI is InChI=1S/C24H27ClFN5O5S/c1-13-18(24(2,3)4)30(23(33)34)11-10-29(13)20-14-12-15(26)19(25)27-21(14)31(22(32)28-20)16-8-6-7-9-17(16)37(5,35)36/h6-9,12-13,18H,10-11H2,1-5H3,(H,33,34). The van der Waals surface area contributed by atoms with Gasteiger partial charge in [-0.25, -0.2) is 31.9 Å². The molecule has 1 aromatic carbocycles. The molecule has 13 heteroatoms. The number of benzene rings is 1. The monoisotopic (exact) mass is 551 g/mol. The normalized spacial score (nSPS) is 18.9. The Bertz CT molecular complexity index is 1570. The van der Waals surface area contributed by atoms with E-state index in [-0.39, 0.29) is 40.5 Å². The van der Waals surface area contributed by atoms with E-state index < -0.39 is 50.1 Å². The lowest BCUT2D eigenvalue weighted by Gasteiger charge is -2.51. The van der Waals surface area contributed by atoms with Crippen LogP contribution in [0.5, 0.6) is 0 Å². The second-order valence-corrected chi connectivity index (χ2v) is 12.5. The predicted molar refractivity (Wildman–Crippen MR) is 138 cm³/mol. The van der Waals surface area contributed by atoms with Crippen LogP contribution in [-0.2, 0) is 9.84 Å². The molecule has 0 spiro atoms. The summed E-state index contributed by atoms with van der Waals surface area (Å²) >= 11 is 6.01. The molecule has 0 radical (unpaired) electrons. The molecule has 1 saturated heterocycles. The molecule has 2 atom stereocenters. The quantitative estimate of drug-likeness (QED) is 0.490. The summed E-state index contributed by atoms with van der Waals surface area (Å²) < 4.78 is 40.7. The highest BCUT2D eigenvalue weighted by Crippen LogP contribution is 2.36. The Labute approximate surface area is 218 Å². The van der Waals surface area contributed by atoms with Gasteiger partial charge in [0.25, 0.3) is 0 Å². The van der Waals surface area contributed by atoms with Crippen molar-refractivity contribution in [2.45, 2.75) is 44.7 Å². The number of para-hydroxylation sites is 1. The lowest BCUT2D eigenvalue weighted by molar-refractivity contribution is 0.0562. The van der Waals surface area contributed by atoms with Gasteiger partial charge >= 0.3 is 11.8 Å². The second kappa shape index (κ2) is 9.25. The van der Waals surface area contributed by atoms with E-state index in [1.807, 2.05) is 27.7 Å². The van der Waals surface area contributed by atoms with E-state index in [9.17, 15) is 27.5 Å². The topological polar surface area (TPSA) is 126 Å². The van der Waals surface area contributed by atoms with Crippen LogP contribution in [0.3, 0.4) is 0 Å². The lowest BCUT2D eigenvalue weighted by Crippen LogP contribution is -2.64. The number of carboxylic acid groups (broad SMARTS) is 1. The zero-order valence-corrected chi connectivity index (χ0v) is 22.5. The number of pyridine rings is 1. The number of carbonyl (C=O) groups is 1. The molecule has 2 aromatic heterocycles. The maximum absolute atomic E-state index is 14.7. The van der Waals surface area contributed by atoms with Crippen molar-refractivity contribution in [2.24, 2.45) is 5.41 Å². The first-order valence-electron chi connectivity index (χ1n) is 11.5. The molecule has 3 aromatic rings. The van der Waals surface area contributed by atoms with Crippen molar-refractivity contribution in [2.75, 3.05) is 24.2 Å². The molecular weight excluding hydrogens is 525 g/mol. The van der Waals surface area contributed by atoms with Crippen molar-refractivity contribution in [3.63, 3.8) is 0 Å². The number of hydrogen-bond donors (Lipinski definition) is 1. The minimum absolute atomic E-state index is 0.00513. The maximum Gasteiger partial charge on any atom is 0.407 e. The molecular formula is C24H27ClFN5O5S. The van der Waals surface area contributed by atoms with Gasteiger partial charge in [-0.3, -0.25) is 0 Å². The van der Waals surface area contributed by atoms with Crippen LogP contribution in [-0.4, -0.2) is 70.5 Å². The van der Waals surface area contributed by atoms with Crippen LogP contribution in [0.4, 0.5) is 15.0 Å². The zero-order valence-electron chi connectivity index (χ0n) is 20.9. The first kappa shape index (κ1) is 26.8. The van der Waals surface area contributed by atoms with Crippen LogP contribution >= 0.6 is 11.6 Å².